The highest BCUT2D eigenvalue weighted by Gasteiger charge is 2.25. The predicted molar refractivity (Wildman–Crippen MR) is 108 cm³/mol. The van der Waals surface area contributed by atoms with E-state index in [2.05, 4.69) is 11.4 Å². The minimum Gasteiger partial charge on any atom is -0.464 e. The lowest BCUT2D eigenvalue weighted by molar-refractivity contribution is -0.115. The first-order chi connectivity index (χ1) is 12.9. The van der Waals surface area contributed by atoms with Gasteiger partial charge in [0.1, 0.15) is 10.6 Å². The molecule has 0 fully saturated rings. The monoisotopic (exact) mass is 382 g/mol. The molecule has 27 heavy (non-hydrogen) atoms. The van der Waals surface area contributed by atoms with Crippen molar-refractivity contribution < 1.29 is 14.0 Å². The van der Waals surface area contributed by atoms with Crippen LogP contribution in [0.4, 0.5) is 5.00 Å². The second-order valence-corrected chi connectivity index (χ2v) is 8.33. The number of amides is 2. The third kappa shape index (κ3) is 3.25. The molecule has 0 radical (unpaired) electrons. The standard InChI is InChI=1S/C21H22N2O3S/c1-11-7-12(2)18-13(10-26-15(18)8-11)9-17(24)23-21-19(20(22)25)14-5-3-4-6-16(14)27-21/h7-8,10H,3-6,9H2,1-2H3,(H2,22,25)(H,23,24). The fraction of sp³-hybridized carbons (Fsp3) is 0.333. The van der Waals surface area contributed by atoms with Gasteiger partial charge in [0.2, 0.25) is 5.91 Å². The number of carbonyl (C=O) groups is 2. The Morgan fingerprint density at radius 3 is 2.78 bits per heavy atom. The summed E-state index contributed by atoms with van der Waals surface area (Å²) < 4.78 is 5.64. The third-order valence-corrected chi connectivity index (χ3v) is 6.32. The maximum atomic E-state index is 12.7. The third-order valence-electron chi connectivity index (χ3n) is 5.11. The van der Waals surface area contributed by atoms with Crippen LogP contribution < -0.4 is 11.1 Å². The van der Waals surface area contributed by atoms with Gasteiger partial charge in [0.05, 0.1) is 18.2 Å². The van der Waals surface area contributed by atoms with Crippen molar-refractivity contribution in [3.63, 3.8) is 0 Å². The number of aryl methyl sites for hydroxylation is 3. The normalized spacial score (nSPS) is 13.6. The maximum absolute atomic E-state index is 12.7. The Morgan fingerprint density at radius 1 is 1.22 bits per heavy atom. The zero-order valence-corrected chi connectivity index (χ0v) is 16.3. The molecule has 4 rings (SSSR count). The average Bonchev–Trinajstić information content (AvgIpc) is 3.15. The van der Waals surface area contributed by atoms with Gasteiger partial charge in [-0.15, -0.1) is 11.3 Å². The molecule has 0 aliphatic heterocycles. The lowest BCUT2D eigenvalue weighted by Crippen LogP contribution is -2.19. The van der Waals surface area contributed by atoms with Crippen molar-refractivity contribution >= 4 is 39.1 Å². The maximum Gasteiger partial charge on any atom is 0.251 e. The molecule has 0 saturated heterocycles. The van der Waals surface area contributed by atoms with Crippen molar-refractivity contribution in [2.24, 2.45) is 5.73 Å². The van der Waals surface area contributed by atoms with Crippen molar-refractivity contribution in [1.82, 2.24) is 0 Å². The first kappa shape index (κ1) is 17.8. The first-order valence-electron chi connectivity index (χ1n) is 9.15. The highest BCUT2D eigenvalue weighted by molar-refractivity contribution is 7.17. The summed E-state index contributed by atoms with van der Waals surface area (Å²) in [5.41, 5.74) is 11.0. The number of nitrogens with one attached hydrogen (secondary N) is 1. The molecule has 6 heteroatoms. The van der Waals surface area contributed by atoms with Crippen LogP contribution in [0.25, 0.3) is 11.0 Å². The van der Waals surface area contributed by atoms with Gasteiger partial charge in [-0.3, -0.25) is 9.59 Å². The molecule has 1 aromatic carbocycles. The van der Waals surface area contributed by atoms with Crippen LogP contribution in [0.3, 0.4) is 0 Å². The topological polar surface area (TPSA) is 85.3 Å². The Morgan fingerprint density at radius 2 is 2.00 bits per heavy atom. The second kappa shape index (κ2) is 6.85. The van der Waals surface area contributed by atoms with E-state index in [4.69, 9.17) is 10.2 Å². The van der Waals surface area contributed by atoms with Crippen molar-refractivity contribution in [1.29, 1.82) is 0 Å². The second-order valence-electron chi connectivity index (χ2n) is 7.22. The summed E-state index contributed by atoms with van der Waals surface area (Å²) in [7, 11) is 0. The van der Waals surface area contributed by atoms with Crippen LogP contribution >= 0.6 is 11.3 Å². The Hall–Kier alpha value is -2.60. The molecule has 0 saturated carbocycles. The minimum atomic E-state index is -0.468. The Bertz CT molecular complexity index is 1060. The van der Waals surface area contributed by atoms with E-state index in [1.807, 2.05) is 19.9 Å². The number of carbonyl (C=O) groups excluding carboxylic acids is 2. The van der Waals surface area contributed by atoms with E-state index < -0.39 is 5.91 Å². The van der Waals surface area contributed by atoms with E-state index in [0.29, 0.717) is 10.6 Å². The number of rotatable bonds is 4. The SMILES string of the molecule is Cc1cc(C)c2c(CC(=O)Nc3sc4c(c3C(N)=O)CCCC4)coc2c1. The Labute approximate surface area is 161 Å². The molecule has 0 bridgehead atoms. The molecule has 1 aliphatic carbocycles. The van der Waals surface area contributed by atoms with E-state index in [-0.39, 0.29) is 12.3 Å². The van der Waals surface area contributed by atoms with Gasteiger partial charge in [-0.2, -0.15) is 0 Å². The molecule has 5 nitrogen and oxygen atoms in total. The highest BCUT2D eigenvalue weighted by Crippen LogP contribution is 2.38. The molecule has 140 valence electrons. The fourth-order valence-electron chi connectivity index (χ4n) is 4.02. The minimum absolute atomic E-state index is 0.168. The number of nitrogens with two attached hydrogens (primary N) is 1. The Balaban J connectivity index is 1.61. The van der Waals surface area contributed by atoms with E-state index in [0.717, 1.165) is 58.9 Å². The molecule has 2 heterocycles. The van der Waals surface area contributed by atoms with Crippen LogP contribution in [0.15, 0.2) is 22.8 Å². The molecule has 3 N–H and O–H groups in total. The summed E-state index contributed by atoms with van der Waals surface area (Å²) in [6.07, 6.45) is 5.80. The summed E-state index contributed by atoms with van der Waals surface area (Å²) in [6.45, 7) is 4.04. The lowest BCUT2D eigenvalue weighted by Gasteiger charge is -2.11. The first-order valence-corrected chi connectivity index (χ1v) is 9.97. The summed E-state index contributed by atoms with van der Waals surface area (Å²) >= 11 is 1.48. The lowest BCUT2D eigenvalue weighted by atomic mass is 9.95. The molecule has 1 aliphatic rings. The fourth-order valence-corrected chi connectivity index (χ4v) is 5.33. The van der Waals surface area contributed by atoms with Gasteiger partial charge in [-0.1, -0.05) is 6.07 Å². The molecule has 2 amide bonds. The van der Waals surface area contributed by atoms with Crippen molar-refractivity contribution in [3.8, 4) is 0 Å². The molecular weight excluding hydrogens is 360 g/mol. The van der Waals surface area contributed by atoms with E-state index in [9.17, 15) is 9.59 Å². The number of benzene rings is 1. The molecule has 0 unspecified atom stereocenters. The number of anilines is 1. The molecule has 0 atom stereocenters. The summed E-state index contributed by atoms with van der Waals surface area (Å²) in [5, 5.41) is 4.49. The largest absolute Gasteiger partial charge is 0.464 e. The van der Waals surface area contributed by atoms with E-state index in [1.165, 1.54) is 16.2 Å². The van der Waals surface area contributed by atoms with Gasteiger partial charge < -0.3 is 15.5 Å². The van der Waals surface area contributed by atoms with Gasteiger partial charge in [0.15, 0.2) is 0 Å². The quantitative estimate of drug-likeness (QED) is 0.706. The number of thiophene rings is 1. The highest BCUT2D eigenvalue weighted by atomic mass is 32.1. The molecule has 0 spiro atoms. The smallest absolute Gasteiger partial charge is 0.251 e. The zero-order chi connectivity index (χ0) is 19.1. The number of hydrogen-bond donors (Lipinski definition) is 2. The number of primary amides is 1. The van der Waals surface area contributed by atoms with Crippen LogP contribution in [0.2, 0.25) is 0 Å². The summed E-state index contributed by atoms with van der Waals surface area (Å²) in [6, 6.07) is 4.06. The molecule has 3 aromatic rings. The van der Waals surface area contributed by atoms with Gasteiger partial charge in [-0.25, -0.2) is 0 Å². The van der Waals surface area contributed by atoms with Crippen LogP contribution in [-0.2, 0) is 24.1 Å². The van der Waals surface area contributed by atoms with Crippen molar-refractivity contribution in [2.75, 3.05) is 5.32 Å². The number of hydrogen-bond acceptors (Lipinski definition) is 4. The Kier molecular flexibility index (Phi) is 4.52. The van der Waals surface area contributed by atoms with Gasteiger partial charge in [0, 0.05) is 15.8 Å². The molecule has 2 aromatic heterocycles. The predicted octanol–water partition coefficient (Wildman–Crippen LogP) is 4.27. The van der Waals surface area contributed by atoms with Gasteiger partial charge >= 0.3 is 0 Å². The zero-order valence-electron chi connectivity index (χ0n) is 15.5. The van der Waals surface area contributed by atoms with Crippen LogP contribution in [0, 0.1) is 13.8 Å². The number of fused-ring (bicyclic) bond motifs is 2. The van der Waals surface area contributed by atoms with Crippen LogP contribution in [-0.4, -0.2) is 11.8 Å². The van der Waals surface area contributed by atoms with Crippen LogP contribution in [0.5, 0.6) is 0 Å². The van der Waals surface area contributed by atoms with Gasteiger partial charge in [0.25, 0.3) is 5.91 Å². The summed E-state index contributed by atoms with van der Waals surface area (Å²) in [4.78, 5) is 25.8. The average molecular weight is 382 g/mol. The van der Waals surface area contributed by atoms with Crippen molar-refractivity contribution in [2.45, 2.75) is 46.0 Å². The van der Waals surface area contributed by atoms with Crippen LogP contribution in [0.1, 0.15) is 50.3 Å². The van der Waals surface area contributed by atoms with Crippen molar-refractivity contribution in [3.05, 3.63) is 51.1 Å². The van der Waals surface area contributed by atoms with E-state index in [1.54, 1.807) is 6.26 Å². The molecular formula is C21H22N2O3S. The number of furan rings is 1. The van der Waals surface area contributed by atoms with E-state index >= 15 is 0 Å². The van der Waals surface area contributed by atoms with Gasteiger partial charge in [-0.05, 0) is 62.3 Å². The summed E-state index contributed by atoms with van der Waals surface area (Å²) in [5.74, 6) is -0.636.